The highest BCUT2D eigenvalue weighted by molar-refractivity contribution is 6.35. The molecular weight excluding hydrogens is 305 g/mol. The predicted octanol–water partition coefficient (Wildman–Crippen LogP) is 1.62. The molecule has 0 radical (unpaired) electrons. The van der Waals surface area contributed by atoms with Crippen LogP contribution in [0, 0.1) is 0 Å². The average Bonchev–Trinajstić information content (AvgIpc) is 2.41. The van der Waals surface area contributed by atoms with Crippen molar-refractivity contribution < 1.29 is 19.7 Å². The molecule has 1 unspecified atom stereocenters. The molecule has 0 aliphatic rings. The van der Waals surface area contributed by atoms with Crippen molar-refractivity contribution in [1.29, 1.82) is 0 Å². The standard InChI is InChI=1S/C13H17Cl2NO4/c1-8(12(19)16-13(2,6-17)7-18)20-11-4-3-9(14)5-10(11)15/h3-5,8,17-18H,6-7H2,1-2H3,(H,16,19). The van der Waals surface area contributed by atoms with Gasteiger partial charge in [0.25, 0.3) is 5.91 Å². The number of rotatable bonds is 6. The minimum absolute atomic E-state index is 0.296. The first kappa shape index (κ1) is 17.0. The van der Waals surface area contributed by atoms with Crippen LogP contribution in [-0.2, 0) is 4.79 Å². The number of amides is 1. The maximum Gasteiger partial charge on any atom is 0.261 e. The van der Waals surface area contributed by atoms with Gasteiger partial charge in [-0.1, -0.05) is 23.2 Å². The molecule has 0 aliphatic heterocycles. The molecule has 1 aromatic rings. The third kappa shape index (κ3) is 4.52. The number of carbonyl (C=O) groups excluding carboxylic acids is 1. The lowest BCUT2D eigenvalue weighted by atomic mass is 10.1. The van der Waals surface area contributed by atoms with Gasteiger partial charge in [0.2, 0.25) is 0 Å². The molecule has 1 rings (SSSR count). The van der Waals surface area contributed by atoms with E-state index in [0.29, 0.717) is 15.8 Å². The maximum absolute atomic E-state index is 11.9. The van der Waals surface area contributed by atoms with Crippen molar-refractivity contribution in [3.63, 3.8) is 0 Å². The fraction of sp³-hybridized carbons (Fsp3) is 0.462. The molecule has 5 nitrogen and oxygen atoms in total. The van der Waals surface area contributed by atoms with Gasteiger partial charge in [0.15, 0.2) is 6.10 Å². The Bertz CT molecular complexity index is 477. The molecule has 0 saturated carbocycles. The Morgan fingerprint density at radius 2 is 2.00 bits per heavy atom. The summed E-state index contributed by atoms with van der Waals surface area (Å²) in [6.45, 7) is 2.29. The number of aliphatic hydroxyl groups excluding tert-OH is 2. The van der Waals surface area contributed by atoms with Gasteiger partial charge >= 0.3 is 0 Å². The van der Waals surface area contributed by atoms with Crippen LogP contribution in [0.4, 0.5) is 0 Å². The molecular formula is C13H17Cl2NO4. The quantitative estimate of drug-likeness (QED) is 0.744. The molecule has 3 N–H and O–H groups in total. The van der Waals surface area contributed by atoms with Crippen LogP contribution in [0.1, 0.15) is 13.8 Å². The van der Waals surface area contributed by atoms with E-state index in [1.165, 1.54) is 19.9 Å². The molecule has 7 heteroatoms. The highest BCUT2D eigenvalue weighted by atomic mass is 35.5. The first-order valence-corrected chi connectivity index (χ1v) is 6.72. The Morgan fingerprint density at radius 1 is 1.40 bits per heavy atom. The Balaban J connectivity index is 2.71. The van der Waals surface area contributed by atoms with Gasteiger partial charge < -0.3 is 20.3 Å². The number of hydrogen-bond acceptors (Lipinski definition) is 4. The zero-order chi connectivity index (χ0) is 15.3. The van der Waals surface area contributed by atoms with E-state index in [9.17, 15) is 4.79 Å². The van der Waals surface area contributed by atoms with E-state index in [1.807, 2.05) is 0 Å². The normalized spacial score (nSPS) is 12.9. The lowest BCUT2D eigenvalue weighted by Crippen LogP contribution is -2.55. The lowest BCUT2D eigenvalue weighted by molar-refractivity contribution is -0.130. The maximum atomic E-state index is 11.9. The van der Waals surface area contributed by atoms with Gasteiger partial charge in [-0.25, -0.2) is 0 Å². The first-order valence-electron chi connectivity index (χ1n) is 5.97. The van der Waals surface area contributed by atoms with Crippen molar-refractivity contribution in [2.24, 2.45) is 0 Å². The summed E-state index contributed by atoms with van der Waals surface area (Å²) in [6, 6.07) is 4.67. The van der Waals surface area contributed by atoms with Gasteiger partial charge in [-0.3, -0.25) is 4.79 Å². The third-order valence-corrected chi connectivity index (χ3v) is 3.22. The summed E-state index contributed by atoms with van der Waals surface area (Å²) >= 11 is 11.7. The Morgan fingerprint density at radius 3 is 2.50 bits per heavy atom. The van der Waals surface area contributed by atoms with Gasteiger partial charge in [-0.2, -0.15) is 0 Å². The number of ether oxygens (including phenoxy) is 1. The summed E-state index contributed by atoms with van der Waals surface area (Å²) in [6.07, 6.45) is -0.842. The summed E-state index contributed by atoms with van der Waals surface area (Å²) in [5.41, 5.74) is -1.10. The Kier molecular flexibility index (Phi) is 6.07. The fourth-order valence-corrected chi connectivity index (χ4v) is 1.80. The molecule has 0 aromatic heterocycles. The smallest absolute Gasteiger partial charge is 0.261 e. The highest BCUT2D eigenvalue weighted by Gasteiger charge is 2.27. The van der Waals surface area contributed by atoms with Crippen LogP contribution >= 0.6 is 23.2 Å². The number of carbonyl (C=O) groups is 1. The van der Waals surface area contributed by atoms with Crippen molar-refractivity contribution in [2.45, 2.75) is 25.5 Å². The molecule has 0 bridgehead atoms. The van der Waals surface area contributed by atoms with Crippen LogP contribution in [0.3, 0.4) is 0 Å². The van der Waals surface area contributed by atoms with Crippen LogP contribution in [0.5, 0.6) is 5.75 Å². The van der Waals surface area contributed by atoms with Gasteiger partial charge in [0.05, 0.1) is 23.8 Å². The van der Waals surface area contributed by atoms with Crippen molar-refractivity contribution in [3.8, 4) is 5.75 Å². The minimum atomic E-state index is -1.10. The van der Waals surface area contributed by atoms with E-state index in [2.05, 4.69) is 5.32 Å². The average molecular weight is 322 g/mol. The van der Waals surface area contributed by atoms with E-state index < -0.39 is 17.6 Å². The van der Waals surface area contributed by atoms with Crippen LogP contribution in [-0.4, -0.2) is 41.0 Å². The Hall–Kier alpha value is -1.01. The zero-order valence-corrected chi connectivity index (χ0v) is 12.7. The monoisotopic (exact) mass is 321 g/mol. The number of nitrogens with one attached hydrogen (secondary N) is 1. The summed E-state index contributed by atoms with van der Waals surface area (Å²) in [4.78, 5) is 11.9. The summed E-state index contributed by atoms with van der Waals surface area (Å²) < 4.78 is 5.43. The number of benzene rings is 1. The van der Waals surface area contributed by atoms with E-state index in [4.69, 9.17) is 38.2 Å². The van der Waals surface area contributed by atoms with Crippen molar-refractivity contribution in [2.75, 3.05) is 13.2 Å². The van der Waals surface area contributed by atoms with Crippen LogP contribution < -0.4 is 10.1 Å². The fourth-order valence-electron chi connectivity index (χ4n) is 1.34. The van der Waals surface area contributed by atoms with Crippen molar-refractivity contribution in [1.82, 2.24) is 5.32 Å². The van der Waals surface area contributed by atoms with Gasteiger partial charge in [-0.15, -0.1) is 0 Å². The summed E-state index contributed by atoms with van der Waals surface area (Å²) in [7, 11) is 0. The number of aliphatic hydroxyl groups is 2. The summed E-state index contributed by atoms with van der Waals surface area (Å²) in [5.74, 6) is -0.143. The second-order valence-corrected chi connectivity index (χ2v) is 5.54. The largest absolute Gasteiger partial charge is 0.479 e. The second-order valence-electron chi connectivity index (χ2n) is 4.70. The van der Waals surface area contributed by atoms with Gasteiger partial charge in [-0.05, 0) is 32.0 Å². The van der Waals surface area contributed by atoms with Gasteiger partial charge in [0.1, 0.15) is 5.75 Å². The van der Waals surface area contributed by atoms with Crippen molar-refractivity contribution >= 4 is 29.1 Å². The Labute approximate surface area is 127 Å². The predicted molar refractivity (Wildman–Crippen MR) is 77.3 cm³/mol. The van der Waals surface area contributed by atoms with Gasteiger partial charge in [0, 0.05) is 5.02 Å². The van der Waals surface area contributed by atoms with Crippen LogP contribution in [0.25, 0.3) is 0 Å². The zero-order valence-electron chi connectivity index (χ0n) is 11.2. The molecule has 0 spiro atoms. The van der Waals surface area contributed by atoms with Crippen LogP contribution in [0.2, 0.25) is 10.0 Å². The second kappa shape index (κ2) is 7.13. The molecule has 1 amide bonds. The number of halogens is 2. The topological polar surface area (TPSA) is 78.8 Å². The van der Waals surface area contributed by atoms with Crippen molar-refractivity contribution in [3.05, 3.63) is 28.2 Å². The lowest BCUT2D eigenvalue weighted by Gasteiger charge is -2.28. The first-order chi connectivity index (χ1) is 9.31. The SMILES string of the molecule is CC(Oc1ccc(Cl)cc1Cl)C(=O)NC(C)(CO)CO. The van der Waals surface area contributed by atoms with E-state index >= 15 is 0 Å². The molecule has 1 aromatic carbocycles. The highest BCUT2D eigenvalue weighted by Crippen LogP contribution is 2.28. The molecule has 0 fully saturated rings. The molecule has 0 heterocycles. The van der Waals surface area contributed by atoms with Crippen LogP contribution in [0.15, 0.2) is 18.2 Å². The number of hydrogen-bond donors (Lipinski definition) is 3. The van der Waals surface area contributed by atoms with E-state index in [1.54, 1.807) is 12.1 Å². The molecule has 1 atom stereocenters. The third-order valence-electron chi connectivity index (χ3n) is 2.69. The molecule has 20 heavy (non-hydrogen) atoms. The molecule has 112 valence electrons. The van der Waals surface area contributed by atoms with E-state index in [0.717, 1.165) is 0 Å². The minimum Gasteiger partial charge on any atom is -0.479 e. The molecule has 0 aliphatic carbocycles. The van der Waals surface area contributed by atoms with E-state index in [-0.39, 0.29) is 13.2 Å². The molecule has 0 saturated heterocycles. The summed E-state index contributed by atoms with van der Waals surface area (Å²) in [5, 5.41) is 21.5.